The predicted octanol–water partition coefficient (Wildman–Crippen LogP) is 6.46. The molecular formula is C32H25CrN10O8-. The Balaban J connectivity index is 0.000000224. The van der Waals surface area contributed by atoms with E-state index in [9.17, 15) is 40.3 Å². The predicted molar refractivity (Wildman–Crippen MR) is 177 cm³/mol. The molecule has 5 aromatic rings. The van der Waals surface area contributed by atoms with Crippen molar-refractivity contribution in [2.75, 3.05) is 5.01 Å². The van der Waals surface area contributed by atoms with Crippen LogP contribution in [-0.4, -0.2) is 47.5 Å². The standard InChI is InChI=1S/2C16H13N5O4.Cr/c2*1-10-15(16(23)20(19-10)11-5-3-2-4-6-11)18-17-13-9-12(21(24)25)7-8-14(13)22;/h2-9,22-23H,1H3;2-9,15,22H,1H3;/p-1. The molecule has 0 bridgehead atoms. The van der Waals surface area contributed by atoms with Crippen LogP contribution in [0.1, 0.15) is 12.6 Å². The molecular weight excluding hydrogens is 704 g/mol. The molecule has 2 N–H and O–H groups in total. The average Bonchev–Trinajstić information content (AvgIpc) is 3.56. The first-order valence-corrected chi connectivity index (χ1v) is 14.5. The third-order valence-electron chi connectivity index (χ3n) is 6.96. The molecule has 0 saturated carbocycles. The molecule has 1 aromatic heterocycles. The molecule has 0 saturated heterocycles. The Bertz CT molecular complexity index is 2180. The quantitative estimate of drug-likeness (QED) is 0.101. The van der Waals surface area contributed by atoms with Crippen molar-refractivity contribution < 1.29 is 47.3 Å². The Morgan fingerprint density at radius 3 is 1.78 bits per heavy atom. The first kappa shape index (κ1) is 37.0. The molecule has 1 atom stereocenters. The Hall–Kier alpha value is -6.84. The van der Waals surface area contributed by atoms with E-state index in [1.54, 1.807) is 62.4 Å². The van der Waals surface area contributed by atoms with Gasteiger partial charge in [-0.15, -0.1) is 10.2 Å². The van der Waals surface area contributed by atoms with Crippen LogP contribution >= 0.6 is 0 Å². The van der Waals surface area contributed by atoms with E-state index in [0.29, 0.717) is 22.8 Å². The fourth-order valence-corrected chi connectivity index (χ4v) is 4.44. The van der Waals surface area contributed by atoms with E-state index in [4.69, 9.17) is 0 Å². The SMILES string of the molecule is CC1=NN(c2ccccc2)C(=O)C1N=Nc1cc([N+](=O)[O-])ccc1O.Cc1nn(-c2ccccc2)c([O-])c1N=Nc1cc([N+](=O)[O-])ccc1O.[Cr]. The zero-order valence-corrected chi connectivity index (χ0v) is 27.8. The number of aryl methyl sites for hydroxylation is 1. The summed E-state index contributed by atoms with van der Waals surface area (Å²) in [5.41, 5.74) is 1.28. The molecule has 2 heterocycles. The summed E-state index contributed by atoms with van der Waals surface area (Å²) < 4.78 is 1.19. The summed E-state index contributed by atoms with van der Waals surface area (Å²) in [7, 11) is 0. The third kappa shape index (κ3) is 8.43. The van der Waals surface area contributed by atoms with Gasteiger partial charge in [0.15, 0.2) is 6.04 Å². The number of benzene rings is 4. The van der Waals surface area contributed by atoms with E-state index in [1.807, 2.05) is 12.1 Å². The van der Waals surface area contributed by atoms with Crippen LogP contribution in [0.4, 0.5) is 34.1 Å². The number of para-hydroxylation sites is 2. The number of phenolic OH excluding ortho intramolecular Hbond substituents is 2. The summed E-state index contributed by atoms with van der Waals surface area (Å²) in [6.45, 7) is 3.24. The number of carbonyl (C=O) groups excluding carboxylic acids is 1. The van der Waals surface area contributed by atoms with Gasteiger partial charge in [0, 0.05) is 47.5 Å². The number of non-ortho nitro benzene ring substituents is 2. The van der Waals surface area contributed by atoms with Crippen molar-refractivity contribution in [1.29, 1.82) is 0 Å². The zero-order valence-electron chi connectivity index (χ0n) is 26.5. The second-order valence-corrected chi connectivity index (χ2v) is 10.4. The Labute approximate surface area is 298 Å². The van der Waals surface area contributed by atoms with Crippen molar-refractivity contribution in [2.45, 2.75) is 19.9 Å². The van der Waals surface area contributed by atoms with Crippen LogP contribution in [-0.2, 0) is 22.2 Å². The molecule has 51 heavy (non-hydrogen) atoms. The van der Waals surface area contributed by atoms with Crippen LogP contribution in [0.5, 0.6) is 17.4 Å². The number of hydrogen-bond acceptors (Lipinski definition) is 14. The van der Waals surface area contributed by atoms with Crippen molar-refractivity contribution in [3.63, 3.8) is 0 Å². The van der Waals surface area contributed by atoms with E-state index in [0.717, 1.165) is 36.4 Å². The number of hydrazone groups is 1. The fraction of sp³-hybridized carbons (Fsp3) is 0.0938. The van der Waals surface area contributed by atoms with Crippen LogP contribution in [0, 0.1) is 27.2 Å². The maximum atomic E-state index is 12.5. The van der Waals surface area contributed by atoms with Crippen LogP contribution in [0.15, 0.2) is 123 Å². The maximum Gasteiger partial charge on any atom is 0.280 e. The largest absolute Gasteiger partial charge is 0.857 e. The van der Waals surface area contributed by atoms with E-state index in [2.05, 4.69) is 30.7 Å². The van der Waals surface area contributed by atoms with Crippen LogP contribution in [0.3, 0.4) is 0 Å². The molecule has 1 aliphatic heterocycles. The normalized spacial score (nSPS) is 13.8. The topological polar surface area (TPSA) is 250 Å². The Kier molecular flexibility index (Phi) is 11.6. The number of aromatic nitrogens is 2. The minimum atomic E-state index is -0.945. The van der Waals surface area contributed by atoms with Crippen molar-refractivity contribution in [1.82, 2.24) is 9.78 Å². The van der Waals surface area contributed by atoms with E-state index in [-0.39, 0.29) is 57.3 Å². The number of azo groups is 2. The Morgan fingerprint density at radius 2 is 1.25 bits per heavy atom. The molecule has 18 nitrogen and oxygen atoms in total. The van der Waals surface area contributed by atoms with Gasteiger partial charge in [0.05, 0.1) is 32.6 Å². The number of nitro groups is 2. The number of aromatic hydroxyl groups is 2. The molecule has 1 amide bonds. The second-order valence-electron chi connectivity index (χ2n) is 10.4. The Morgan fingerprint density at radius 1 is 0.745 bits per heavy atom. The number of amides is 1. The first-order valence-electron chi connectivity index (χ1n) is 14.5. The van der Waals surface area contributed by atoms with Crippen molar-refractivity contribution >= 4 is 45.7 Å². The molecule has 4 aromatic carbocycles. The number of rotatable bonds is 8. The number of hydrogen-bond donors (Lipinski definition) is 2. The van der Waals surface area contributed by atoms with E-state index in [1.165, 1.54) is 9.69 Å². The van der Waals surface area contributed by atoms with Crippen molar-refractivity contribution in [3.05, 3.63) is 123 Å². The third-order valence-corrected chi connectivity index (χ3v) is 6.96. The summed E-state index contributed by atoms with van der Waals surface area (Å²) in [5.74, 6) is -1.42. The summed E-state index contributed by atoms with van der Waals surface area (Å²) in [4.78, 5) is 32.9. The maximum absolute atomic E-state index is 12.5. The van der Waals surface area contributed by atoms with Crippen LogP contribution < -0.4 is 10.1 Å². The van der Waals surface area contributed by atoms with Crippen LogP contribution in [0.25, 0.3) is 5.69 Å². The van der Waals surface area contributed by atoms with Crippen molar-refractivity contribution in [2.24, 2.45) is 25.6 Å². The van der Waals surface area contributed by atoms with Gasteiger partial charge in [-0.1, -0.05) is 36.4 Å². The van der Waals surface area contributed by atoms with Gasteiger partial charge < -0.3 is 15.3 Å². The second kappa shape index (κ2) is 16.0. The number of nitrogens with zero attached hydrogens (tertiary/aromatic N) is 10. The minimum absolute atomic E-state index is 0. The molecule has 1 aliphatic rings. The monoisotopic (exact) mass is 729 g/mol. The van der Waals surface area contributed by atoms with Crippen molar-refractivity contribution in [3.8, 4) is 23.1 Å². The van der Waals surface area contributed by atoms with Gasteiger partial charge in [-0.25, -0.2) is 4.68 Å². The van der Waals surface area contributed by atoms with Gasteiger partial charge >= 0.3 is 0 Å². The summed E-state index contributed by atoms with van der Waals surface area (Å²) in [6, 6.07) is 23.5. The van der Waals surface area contributed by atoms with Crippen LogP contribution in [0.2, 0.25) is 0 Å². The summed E-state index contributed by atoms with van der Waals surface area (Å²) in [6.07, 6.45) is 0. The van der Waals surface area contributed by atoms with E-state index < -0.39 is 27.7 Å². The smallest absolute Gasteiger partial charge is 0.280 e. The van der Waals surface area contributed by atoms with E-state index >= 15 is 0 Å². The molecule has 258 valence electrons. The molecule has 0 spiro atoms. The molecule has 0 fully saturated rings. The minimum Gasteiger partial charge on any atom is -0.857 e. The molecule has 19 heteroatoms. The number of anilines is 1. The fourth-order valence-electron chi connectivity index (χ4n) is 4.44. The summed E-state index contributed by atoms with van der Waals surface area (Å²) in [5, 5.41) is 78.4. The number of phenols is 2. The molecule has 0 aliphatic carbocycles. The number of nitro benzene ring substituents is 2. The average molecular weight is 730 g/mol. The van der Waals surface area contributed by atoms with Gasteiger partial charge in [0.25, 0.3) is 17.3 Å². The van der Waals surface area contributed by atoms with Gasteiger partial charge in [-0.2, -0.15) is 25.4 Å². The first-order chi connectivity index (χ1) is 23.9. The van der Waals surface area contributed by atoms with Gasteiger partial charge in [0.1, 0.15) is 28.6 Å². The molecule has 6 rings (SSSR count). The number of carbonyl (C=O) groups is 1. The molecule has 1 unspecified atom stereocenters. The van der Waals surface area contributed by atoms with Gasteiger partial charge in [-0.05, 0) is 50.2 Å². The summed E-state index contributed by atoms with van der Waals surface area (Å²) >= 11 is 0. The van der Waals surface area contributed by atoms with Gasteiger partial charge in [0.2, 0.25) is 0 Å². The molecule has 0 radical (unpaired) electrons. The zero-order chi connectivity index (χ0) is 35.9. The van der Waals surface area contributed by atoms with Gasteiger partial charge in [-0.3, -0.25) is 25.0 Å².